The fourth-order valence-electron chi connectivity index (χ4n) is 1.91. The predicted molar refractivity (Wildman–Crippen MR) is 80.7 cm³/mol. The molecule has 0 bridgehead atoms. The maximum Gasteiger partial charge on any atom is 0.271 e. The Morgan fingerprint density at radius 1 is 1.15 bits per heavy atom. The first-order valence-electron chi connectivity index (χ1n) is 6.45. The van der Waals surface area contributed by atoms with Crippen LogP contribution in [0.5, 0.6) is 0 Å². The first kappa shape index (κ1) is 13.9. The molecular formula is C15H17N3O2. The average Bonchev–Trinajstić information content (AvgIpc) is 2.46. The Labute approximate surface area is 117 Å². The van der Waals surface area contributed by atoms with Gasteiger partial charge in [-0.15, -0.1) is 0 Å². The number of nitrogens with one attached hydrogen (secondary N) is 1. The van der Waals surface area contributed by atoms with E-state index in [0.717, 1.165) is 12.0 Å². The Kier molecular flexibility index (Phi) is 4.20. The van der Waals surface area contributed by atoms with Gasteiger partial charge in [0.25, 0.3) is 5.69 Å². The number of benzene rings is 2. The highest BCUT2D eigenvalue weighted by Crippen LogP contribution is 2.24. The van der Waals surface area contributed by atoms with Crippen LogP contribution in [0.25, 0.3) is 0 Å². The average molecular weight is 271 g/mol. The molecule has 0 aromatic heterocycles. The Morgan fingerprint density at radius 3 is 2.35 bits per heavy atom. The van der Waals surface area contributed by atoms with E-state index < -0.39 is 4.92 Å². The van der Waals surface area contributed by atoms with Crippen LogP contribution >= 0.6 is 0 Å². The number of nitrogens with two attached hydrogens (primary N) is 1. The second-order valence-electron chi connectivity index (χ2n) is 4.55. The lowest BCUT2D eigenvalue weighted by Crippen LogP contribution is -2.03. The van der Waals surface area contributed by atoms with Gasteiger partial charge in [-0.25, -0.2) is 0 Å². The van der Waals surface area contributed by atoms with Crippen LogP contribution in [0.1, 0.15) is 18.1 Å². The summed E-state index contributed by atoms with van der Waals surface area (Å²) in [5.74, 6) is 0. The molecule has 2 rings (SSSR count). The smallest absolute Gasteiger partial charge is 0.271 e. The third-order valence-corrected chi connectivity index (χ3v) is 3.16. The number of hydrogen-bond acceptors (Lipinski definition) is 4. The van der Waals surface area contributed by atoms with Gasteiger partial charge in [-0.3, -0.25) is 10.1 Å². The Hall–Kier alpha value is -2.56. The number of anilines is 2. The van der Waals surface area contributed by atoms with Crippen LogP contribution < -0.4 is 11.1 Å². The molecule has 0 atom stereocenters. The molecule has 0 aliphatic heterocycles. The zero-order valence-corrected chi connectivity index (χ0v) is 11.3. The molecule has 0 fully saturated rings. The van der Waals surface area contributed by atoms with Gasteiger partial charge in [0.15, 0.2) is 0 Å². The van der Waals surface area contributed by atoms with Crippen molar-refractivity contribution < 1.29 is 4.92 Å². The standard InChI is InChI=1S/C15H17N3O2/c1-2-11-3-5-12(6-4-11)10-17-15-8-7-13(18(19)20)9-14(15)16/h3-9,17H,2,10,16H2,1H3. The quantitative estimate of drug-likeness (QED) is 0.496. The zero-order valence-electron chi connectivity index (χ0n) is 11.3. The minimum Gasteiger partial charge on any atom is -0.397 e. The van der Waals surface area contributed by atoms with Crippen molar-refractivity contribution in [1.29, 1.82) is 0 Å². The zero-order chi connectivity index (χ0) is 14.5. The normalized spacial score (nSPS) is 10.2. The Balaban J connectivity index is 2.04. The van der Waals surface area contributed by atoms with Crippen molar-refractivity contribution in [2.24, 2.45) is 0 Å². The molecule has 2 aromatic rings. The lowest BCUT2D eigenvalue weighted by atomic mass is 10.1. The van der Waals surface area contributed by atoms with Crippen LogP contribution in [-0.4, -0.2) is 4.92 Å². The fourth-order valence-corrected chi connectivity index (χ4v) is 1.91. The molecule has 0 amide bonds. The predicted octanol–water partition coefficient (Wildman–Crippen LogP) is 3.35. The highest BCUT2D eigenvalue weighted by Gasteiger charge is 2.08. The van der Waals surface area contributed by atoms with Crippen molar-refractivity contribution >= 4 is 17.1 Å². The van der Waals surface area contributed by atoms with E-state index in [9.17, 15) is 10.1 Å². The largest absolute Gasteiger partial charge is 0.397 e. The van der Waals surface area contributed by atoms with Gasteiger partial charge < -0.3 is 11.1 Å². The maximum atomic E-state index is 10.6. The van der Waals surface area contributed by atoms with Gasteiger partial charge >= 0.3 is 0 Å². The van der Waals surface area contributed by atoms with E-state index in [1.807, 2.05) is 0 Å². The summed E-state index contributed by atoms with van der Waals surface area (Å²) in [5, 5.41) is 13.8. The Bertz CT molecular complexity index is 609. The molecule has 5 nitrogen and oxygen atoms in total. The molecule has 0 saturated carbocycles. The van der Waals surface area contributed by atoms with Crippen LogP contribution in [-0.2, 0) is 13.0 Å². The van der Waals surface area contributed by atoms with Crippen molar-refractivity contribution in [3.63, 3.8) is 0 Å². The molecule has 0 spiro atoms. The molecule has 0 aliphatic rings. The second kappa shape index (κ2) is 6.06. The van der Waals surface area contributed by atoms with Crippen LogP contribution in [0.2, 0.25) is 0 Å². The van der Waals surface area contributed by atoms with Gasteiger partial charge in [0.05, 0.1) is 16.3 Å². The van der Waals surface area contributed by atoms with E-state index in [1.165, 1.54) is 17.7 Å². The number of nitro groups is 1. The van der Waals surface area contributed by atoms with Gasteiger partial charge in [0, 0.05) is 18.7 Å². The van der Waals surface area contributed by atoms with E-state index in [-0.39, 0.29) is 5.69 Å². The summed E-state index contributed by atoms with van der Waals surface area (Å²) in [6, 6.07) is 12.8. The first-order valence-corrected chi connectivity index (χ1v) is 6.45. The van der Waals surface area contributed by atoms with E-state index in [1.54, 1.807) is 6.07 Å². The van der Waals surface area contributed by atoms with Crippen molar-refractivity contribution in [2.45, 2.75) is 19.9 Å². The number of aryl methyl sites for hydroxylation is 1. The molecule has 0 unspecified atom stereocenters. The number of hydrogen-bond donors (Lipinski definition) is 2. The molecule has 104 valence electrons. The van der Waals surface area contributed by atoms with Crippen LogP contribution in [0, 0.1) is 10.1 Å². The molecule has 5 heteroatoms. The van der Waals surface area contributed by atoms with Crippen molar-refractivity contribution in [3.05, 3.63) is 63.7 Å². The van der Waals surface area contributed by atoms with Crippen molar-refractivity contribution in [1.82, 2.24) is 0 Å². The van der Waals surface area contributed by atoms with E-state index in [2.05, 4.69) is 36.5 Å². The van der Waals surface area contributed by atoms with Crippen LogP contribution in [0.4, 0.5) is 17.1 Å². The van der Waals surface area contributed by atoms with Crippen LogP contribution in [0.15, 0.2) is 42.5 Å². The molecule has 0 heterocycles. The van der Waals surface area contributed by atoms with Gasteiger partial charge in [0.2, 0.25) is 0 Å². The summed E-state index contributed by atoms with van der Waals surface area (Å²) in [6.07, 6.45) is 1.02. The van der Waals surface area contributed by atoms with Gasteiger partial charge in [-0.2, -0.15) is 0 Å². The molecule has 0 aliphatic carbocycles. The maximum absolute atomic E-state index is 10.6. The van der Waals surface area contributed by atoms with Crippen molar-refractivity contribution in [2.75, 3.05) is 11.1 Å². The van der Waals surface area contributed by atoms with Gasteiger partial charge in [0.1, 0.15) is 0 Å². The van der Waals surface area contributed by atoms with E-state index in [4.69, 9.17) is 5.73 Å². The number of non-ortho nitro benzene ring substituents is 1. The minimum absolute atomic E-state index is 0.000323. The summed E-state index contributed by atoms with van der Waals surface area (Å²) < 4.78 is 0. The van der Waals surface area contributed by atoms with Crippen molar-refractivity contribution in [3.8, 4) is 0 Å². The van der Waals surface area contributed by atoms with E-state index in [0.29, 0.717) is 17.9 Å². The highest BCUT2D eigenvalue weighted by molar-refractivity contribution is 5.69. The summed E-state index contributed by atoms with van der Waals surface area (Å²) in [5.41, 5.74) is 9.32. The molecular weight excluding hydrogens is 254 g/mol. The van der Waals surface area contributed by atoms with Gasteiger partial charge in [-0.05, 0) is 23.6 Å². The third-order valence-electron chi connectivity index (χ3n) is 3.16. The summed E-state index contributed by atoms with van der Waals surface area (Å²) in [6.45, 7) is 2.75. The molecule has 20 heavy (non-hydrogen) atoms. The van der Waals surface area contributed by atoms with Crippen LogP contribution in [0.3, 0.4) is 0 Å². The highest BCUT2D eigenvalue weighted by atomic mass is 16.6. The number of nitro benzene ring substituents is 1. The number of rotatable bonds is 5. The molecule has 2 aromatic carbocycles. The molecule has 3 N–H and O–H groups in total. The molecule has 0 radical (unpaired) electrons. The summed E-state index contributed by atoms with van der Waals surface area (Å²) in [7, 11) is 0. The fraction of sp³-hybridized carbons (Fsp3) is 0.200. The Morgan fingerprint density at radius 2 is 1.80 bits per heavy atom. The lowest BCUT2D eigenvalue weighted by molar-refractivity contribution is -0.384. The first-order chi connectivity index (χ1) is 9.60. The second-order valence-corrected chi connectivity index (χ2v) is 4.55. The summed E-state index contributed by atoms with van der Waals surface area (Å²) in [4.78, 5) is 10.2. The van der Waals surface area contributed by atoms with E-state index >= 15 is 0 Å². The monoisotopic (exact) mass is 271 g/mol. The summed E-state index contributed by atoms with van der Waals surface area (Å²) >= 11 is 0. The third kappa shape index (κ3) is 3.26. The minimum atomic E-state index is -0.455. The lowest BCUT2D eigenvalue weighted by Gasteiger charge is -2.09. The SMILES string of the molecule is CCc1ccc(CNc2ccc([N+](=O)[O-])cc2N)cc1. The number of nitrogens with zero attached hydrogens (tertiary/aromatic N) is 1. The topological polar surface area (TPSA) is 81.2 Å². The van der Waals surface area contributed by atoms with Gasteiger partial charge in [-0.1, -0.05) is 31.2 Å². The molecule has 0 saturated heterocycles. The number of nitrogen functional groups attached to an aromatic ring is 1.